The van der Waals surface area contributed by atoms with Crippen LogP contribution in [0.5, 0.6) is 0 Å². The fraction of sp³-hybridized carbons (Fsp3) is 1.00. The van der Waals surface area contributed by atoms with Gasteiger partial charge in [-0.3, -0.25) is 0 Å². The van der Waals surface area contributed by atoms with Gasteiger partial charge in [0.1, 0.15) is 0 Å². The summed E-state index contributed by atoms with van der Waals surface area (Å²) in [5.41, 5.74) is 0.775. The largest absolute Gasteiger partial charge is 0.317 e. The second-order valence-corrected chi connectivity index (χ2v) is 5.10. The Kier molecular flexibility index (Phi) is 2.92. The summed E-state index contributed by atoms with van der Waals surface area (Å²) in [6, 6.07) is 0. The van der Waals surface area contributed by atoms with Crippen molar-refractivity contribution in [3.8, 4) is 0 Å². The van der Waals surface area contributed by atoms with Crippen LogP contribution in [0, 0.1) is 11.3 Å². The summed E-state index contributed by atoms with van der Waals surface area (Å²) >= 11 is 0. The zero-order valence-electron chi connectivity index (χ0n) is 8.94. The first kappa shape index (κ1) is 9.51. The Balaban J connectivity index is 1.87. The van der Waals surface area contributed by atoms with E-state index in [0.717, 1.165) is 11.3 Å². The molecule has 1 saturated heterocycles. The van der Waals surface area contributed by atoms with E-state index in [1.807, 2.05) is 0 Å². The molecule has 1 nitrogen and oxygen atoms in total. The molecule has 2 aliphatic rings. The molecular weight excluding hydrogens is 158 g/mol. The maximum atomic E-state index is 3.48. The predicted molar refractivity (Wildman–Crippen MR) is 56.8 cm³/mol. The van der Waals surface area contributed by atoms with Crippen LogP contribution in [0.2, 0.25) is 0 Å². The molecule has 0 aromatic heterocycles. The van der Waals surface area contributed by atoms with E-state index in [2.05, 4.69) is 12.2 Å². The standard InChI is InChI=1S/C12H23N/c1-2-11-3-5-12(6-4-11)7-9-13-10-8-12/h11,13H,2-10H2,1H3. The van der Waals surface area contributed by atoms with Crippen molar-refractivity contribution in [1.29, 1.82) is 0 Å². The van der Waals surface area contributed by atoms with Gasteiger partial charge in [-0.05, 0) is 62.9 Å². The zero-order chi connectivity index (χ0) is 9.15. The number of nitrogens with one attached hydrogen (secondary N) is 1. The molecule has 1 heteroatoms. The van der Waals surface area contributed by atoms with Crippen LogP contribution >= 0.6 is 0 Å². The number of rotatable bonds is 1. The van der Waals surface area contributed by atoms with Gasteiger partial charge in [0.2, 0.25) is 0 Å². The van der Waals surface area contributed by atoms with Gasteiger partial charge < -0.3 is 5.32 Å². The lowest BCUT2D eigenvalue weighted by Crippen LogP contribution is -2.39. The minimum atomic E-state index is 0.775. The highest BCUT2D eigenvalue weighted by Crippen LogP contribution is 2.45. The Morgan fingerprint density at radius 3 is 2.23 bits per heavy atom. The van der Waals surface area contributed by atoms with Gasteiger partial charge in [0.15, 0.2) is 0 Å². The molecule has 0 aromatic rings. The summed E-state index contributed by atoms with van der Waals surface area (Å²) in [4.78, 5) is 0. The van der Waals surface area contributed by atoms with Gasteiger partial charge in [0.25, 0.3) is 0 Å². The molecule has 1 spiro atoms. The van der Waals surface area contributed by atoms with E-state index >= 15 is 0 Å². The third kappa shape index (κ3) is 2.07. The molecule has 13 heavy (non-hydrogen) atoms. The second kappa shape index (κ2) is 4.00. The van der Waals surface area contributed by atoms with Gasteiger partial charge in [-0.2, -0.15) is 0 Å². The Labute approximate surface area is 82.3 Å². The first-order valence-electron chi connectivity index (χ1n) is 6.05. The van der Waals surface area contributed by atoms with Gasteiger partial charge >= 0.3 is 0 Å². The molecule has 0 bridgehead atoms. The molecule has 0 atom stereocenters. The highest BCUT2D eigenvalue weighted by molar-refractivity contribution is 4.88. The fourth-order valence-electron chi connectivity index (χ4n) is 3.16. The lowest BCUT2D eigenvalue weighted by molar-refractivity contribution is 0.104. The topological polar surface area (TPSA) is 12.0 Å². The summed E-state index contributed by atoms with van der Waals surface area (Å²) in [6.07, 6.45) is 10.4. The smallest absolute Gasteiger partial charge is 0.00436 e. The van der Waals surface area contributed by atoms with Crippen LogP contribution in [-0.4, -0.2) is 13.1 Å². The van der Waals surface area contributed by atoms with Gasteiger partial charge in [-0.1, -0.05) is 13.3 Å². The third-order valence-corrected chi connectivity index (χ3v) is 4.41. The molecule has 76 valence electrons. The van der Waals surface area contributed by atoms with Crippen molar-refractivity contribution in [1.82, 2.24) is 5.32 Å². The van der Waals surface area contributed by atoms with Crippen molar-refractivity contribution in [2.75, 3.05) is 13.1 Å². The van der Waals surface area contributed by atoms with Gasteiger partial charge in [0, 0.05) is 0 Å². The Hall–Kier alpha value is -0.0400. The van der Waals surface area contributed by atoms with Crippen molar-refractivity contribution in [3.63, 3.8) is 0 Å². The van der Waals surface area contributed by atoms with Crippen LogP contribution in [-0.2, 0) is 0 Å². The van der Waals surface area contributed by atoms with E-state index < -0.39 is 0 Å². The first-order chi connectivity index (χ1) is 6.35. The highest BCUT2D eigenvalue weighted by atomic mass is 14.9. The number of hydrogen-bond acceptors (Lipinski definition) is 1. The van der Waals surface area contributed by atoms with E-state index in [1.54, 1.807) is 0 Å². The molecule has 0 radical (unpaired) electrons. The SMILES string of the molecule is CCC1CCC2(CCNCC2)CC1. The highest BCUT2D eigenvalue weighted by Gasteiger charge is 2.35. The van der Waals surface area contributed by atoms with E-state index in [0.29, 0.717) is 0 Å². The first-order valence-corrected chi connectivity index (χ1v) is 6.05. The van der Waals surface area contributed by atoms with Crippen LogP contribution in [0.1, 0.15) is 51.9 Å². The van der Waals surface area contributed by atoms with Crippen LogP contribution in [0.3, 0.4) is 0 Å². The minimum absolute atomic E-state index is 0.775. The average molecular weight is 181 g/mol. The summed E-state index contributed by atoms with van der Waals surface area (Å²) in [6.45, 7) is 4.90. The molecule has 1 aliphatic heterocycles. The summed E-state index contributed by atoms with van der Waals surface area (Å²) in [5.74, 6) is 1.06. The van der Waals surface area contributed by atoms with E-state index in [1.165, 1.54) is 58.0 Å². The van der Waals surface area contributed by atoms with E-state index in [4.69, 9.17) is 0 Å². The molecular formula is C12H23N. The fourth-order valence-corrected chi connectivity index (χ4v) is 3.16. The maximum Gasteiger partial charge on any atom is -0.00436 e. The second-order valence-electron chi connectivity index (χ2n) is 5.10. The Morgan fingerprint density at radius 2 is 1.69 bits per heavy atom. The van der Waals surface area contributed by atoms with Crippen molar-refractivity contribution in [2.24, 2.45) is 11.3 Å². The molecule has 1 heterocycles. The molecule has 0 unspecified atom stereocenters. The third-order valence-electron chi connectivity index (χ3n) is 4.41. The Morgan fingerprint density at radius 1 is 1.08 bits per heavy atom. The average Bonchev–Trinajstić information content (AvgIpc) is 2.20. The quantitative estimate of drug-likeness (QED) is 0.656. The van der Waals surface area contributed by atoms with Crippen molar-refractivity contribution >= 4 is 0 Å². The van der Waals surface area contributed by atoms with E-state index in [-0.39, 0.29) is 0 Å². The van der Waals surface area contributed by atoms with Gasteiger partial charge in [-0.15, -0.1) is 0 Å². The minimum Gasteiger partial charge on any atom is -0.317 e. The van der Waals surface area contributed by atoms with Crippen molar-refractivity contribution in [3.05, 3.63) is 0 Å². The molecule has 1 N–H and O–H groups in total. The number of hydrogen-bond donors (Lipinski definition) is 1. The predicted octanol–water partition coefficient (Wildman–Crippen LogP) is 2.96. The van der Waals surface area contributed by atoms with Crippen molar-refractivity contribution in [2.45, 2.75) is 51.9 Å². The Bertz CT molecular complexity index is 149. The van der Waals surface area contributed by atoms with E-state index in [9.17, 15) is 0 Å². The molecule has 1 aliphatic carbocycles. The molecule has 1 saturated carbocycles. The zero-order valence-corrected chi connectivity index (χ0v) is 8.94. The van der Waals surface area contributed by atoms with Crippen LogP contribution in [0.15, 0.2) is 0 Å². The monoisotopic (exact) mass is 181 g/mol. The van der Waals surface area contributed by atoms with Crippen molar-refractivity contribution < 1.29 is 0 Å². The molecule has 0 amide bonds. The lowest BCUT2D eigenvalue weighted by atomic mass is 9.65. The maximum absolute atomic E-state index is 3.48. The van der Waals surface area contributed by atoms with Gasteiger partial charge in [-0.25, -0.2) is 0 Å². The van der Waals surface area contributed by atoms with Crippen LogP contribution < -0.4 is 5.32 Å². The van der Waals surface area contributed by atoms with Crippen LogP contribution in [0.4, 0.5) is 0 Å². The normalized spacial score (nSPS) is 29.3. The molecule has 0 aromatic carbocycles. The summed E-state index contributed by atoms with van der Waals surface area (Å²) < 4.78 is 0. The summed E-state index contributed by atoms with van der Waals surface area (Å²) in [5, 5.41) is 3.48. The number of piperidine rings is 1. The molecule has 2 rings (SSSR count). The van der Waals surface area contributed by atoms with Gasteiger partial charge in [0.05, 0.1) is 0 Å². The lowest BCUT2D eigenvalue weighted by Gasteiger charge is -2.43. The molecule has 2 fully saturated rings. The summed E-state index contributed by atoms with van der Waals surface area (Å²) in [7, 11) is 0. The van der Waals surface area contributed by atoms with Crippen LogP contribution in [0.25, 0.3) is 0 Å².